The SMILES string of the molecule is C1CCNC1.C1CCOC1.COCCOc1ncc2c(n1)N(Cc1ccc(C#N)cc1)C(=O)C2.COCCOc1ncc2c(n1)N(Cc1ccc(C(C)=O)cc1)C(=O)C2.COCCOc1ncc2c(n1)N(Cc1ccc(C(C)N3CCCC3)cc1)C(=O)C2.[Br-].[CH3-].[Mg+2]. The molecule has 0 bridgehead atoms. The minimum Gasteiger partial charge on any atom is -1.00 e. The molecule has 23 nitrogen and oxygen atoms in total. The monoisotopic (exact) mass is 1320 g/mol. The molecule has 3 fully saturated rings. The number of anilines is 3. The van der Waals surface area contributed by atoms with Gasteiger partial charge in [-0.15, -0.1) is 0 Å². The summed E-state index contributed by atoms with van der Waals surface area (Å²) in [4.78, 5) is 81.6. The third-order valence-electron chi connectivity index (χ3n) is 15.1. The average Bonchev–Trinajstić information content (AvgIpc) is 1.79. The molecule has 0 radical (unpaired) electrons. The van der Waals surface area contributed by atoms with Crippen LogP contribution in [-0.4, -0.2) is 182 Å². The van der Waals surface area contributed by atoms with Gasteiger partial charge in [0, 0.05) is 81.4 Å². The van der Waals surface area contributed by atoms with Crippen LogP contribution in [0.25, 0.3) is 0 Å². The van der Waals surface area contributed by atoms with Gasteiger partial charge in [0.25, 0.3) is 0 Å². The van der Waals surface area contributed by atoms with E-state index in [2.05, 4.69) is 77.4 Å². The van der Waals surface area contributed by atoms with Crippen LogP contribution < -0.4 is 51.2 Å². The predicted octanol–water partition coefficient (Wildman–Crippen LogP) is 4.24. The second-order valence-corrected chi connectivity index (χ2v) is 21.5. The molecule has 25 heteroatoms. The summed E-state index contributed by atoms with van der Waals surface area (Å²) in [6, 6.07) is 26.2. The van der Waals surface area contributed by atoms with E-state index in [0.29, 0.717) is 100 Å². The molecule has 1 unspecified atom stereocenters. The predicted molar refractivity (Wildman–Crippen MR) is 340 cm³/mol. The first-order chi connectivity index (χ1) is 42.9. The van der Waals surface area contributed by atoms with E-state index in [1.165, 1.54) is 77.2 Å². The van der Waals surface area contributed by atoms with E-state index in [0.717, 1.165) is 46.6 Å². The summed E-state index contributed by atoms with van der Waals surface area (Å²) >= 11 is 0. The molecule has 3 amide bonds. The normalized spacial score (nSPS) is 15.2. The number of carbonyl (C=O) groups excluding carboxylic acids is 4. The molecular formula is C66H83BrMgN12O11. The number of fused-ring (bicyclic) bond motifs is 3. The van der Waals surface area contributed by atoms with Crippen molar-refractivity contribution >= 4 is 64.0 Å². The zero-order valence-electron chi connectivity index (χ0n) is 53.2. The summed E-state index contributed by atoms with van der Waals surface area (Å²) in [6.07, 6.45) is 13.7. The topological polar surface area (TPSA) is 259 Å². The molecule has 6 aliphatic heterocycles. The maximum Gasteiger partial charge on any atom is 2.00 e. The molecule has 1 N–H and O–H groups in total. The van der Waals surface area contributed by atoms with Crippen molar-refractivity contribution in [3.8, 4) is 24.1 Å². The molecule has 0 saturated carbocycles. The number of hydrogen-bond donors (Lipinski definition) is 1. The summed E-state index contributed by atoms with van der Waals surface area (Å²) in [7, 11) is 4.79. The maximum absolute atomic E-state index is 12.5. The third kappa shape index (κ3) is 22.3. The van der Waals surface area contributed by atoms with Gasteiger partial charge in [-0.1, -0.05) is 60.7 Å². The molecule has 6 aromatic rings. The smallest absolute Gasteiger partial charge is 1.00 e. The quantitative estimate of drug-likeness (QED) is 0.0457. The number of likely N-dealkylation sites (tertiary alicyclic amines) is 1. The van der Waals surface area contributed by atoms with Crippen molar-refractivity contribution in [2.45, 2.75) is 97.3 Å². The van der Waals surface area contributed by atoms with Gasteiger partial charge < -0.3 is 62.9 Å². The number of ketones is 1. The zero-order valence-corrected chi connectivity index (χ0v) is 56.2. The Bertz CT molecular complexity index is 3250. The molecule has 3 aromatic carbocycles. The van der Waals surface area contributed by atoms with Crippen LogP contribution in [0.5, 0.6) is 18.0 Å². The fourth-order valence-electron chi connectivity index (χ4n) is 10.2. The molecule has 3 saturated heterocycles. The Hall–Kier alpha value is -7.12. The Morgan fingerprint density at radius 1 is 0.571 bits per heavy atom. The van der Waals surface area contributed by atoms with E-state index in [9.17, 15) is 19.2 Å². The van der Waals surface area contributed by atoms with E-state index in [1.807, 2.05) is 24.3 Å². The summed E-state index contributed by atoms with van der Waals surface area (Å²) in [6.45, 7) is 14.3. The molecule has 0 spiro atoms. The number of carbonyl (C=O) groups is 4. The van der Waals surface area contributed by atoms with Gasteiger partial charge in [-0.25, -0.2) is 15.0 Å². The van der Waals surface area contributed by atoms with E-state index in [4.69, 9.17) is 38.4 Å². The van der Waals surface area contributed by atoms with Crippen LogP contribution in [0.3, 0.4) is 0 Å². The van der Waals surface area contributed by atoms with Gasteiger partial charge in [-0.2, -0.15) is 20.2 Å². The molecule has 482 valence electrons. The standard InChI is InChI=1S/C22H28N4O3.C18H19N3O4.C17H16N4O3.C4H9N.C4H8O.CH3.BrH.Mg/c1-16(25-9-3-4-10-25)18-7-5-17(6-8-18)15-26-20(27)13-19-14-23-22(24-21(19)26)29-12-11-28-2;1-12(22)14-5-3-13(4-6-14)11-21-16(23)9-15-10-19-18(20-17(15)21)25-8-7-24-2;1-23-6-7-24-17-19-10-14-8-15(22)21(16(14)20-17)11-13-4-2-12(9-18)3-5-13;2*1-2-4-5-3-1;;;/h5-8,14,16H,3-4,9-13,15H2,1-2H3;3-6,10H,7-9,11H2,1-2H3;2-5,10H,6-8,11H2,1H3;5H,1-4H2;1-4H2;1H3;1H;/q;;;;;-1;;+2/p-1. The van der Waals surface area contributed by atoms with Crippen LogP contribution in [0.4, 0.5) is 17.5 Å². The number of aromatic nitrogens is 6. The van der Waals surface area contributed by atoms with Crippen molar-refractivity contribution in [2.75, 3.05) is 115 Å². The first-order valence-electron chi connectivity index (χ1n) is 30.0. The van der Waals surface area contributed by atoms with Gasteiger partial charge in [-0.3, -0.25) is 38.8 Å². The van der Waals surface area contributed by atoms with E-state index in [1.54, 1.807) is 78.9 Å². The van der Waals surface area contributed by atoms with E-state index < -0.39 is 0 Å². The van der Waals surface area contributed by atoms with Crippen LogP contribution >= 0.6 is 0 Å². The van der Waals surface area contributed by atoms with Crippen molar-refractivity contribution in [3.05, 3.63) is 149 Å². The molecule has 9 heterocycles. The zero-order chi connectivity index (χ0) is 62.0. The van der Waals surface area contributed by atoms with Crippen molar-refractivity contribution in [2.24, 2.45) is 0 Å². The van der Waals surface area contributed by atoms with Crippen molar-refractivity contribution in [3.63, 3.8) is 0 Å². The van der Waals surface area contributed by atoms with E-state index >= 15 is 0 Å². The van der Waals surface area contributed by atoms with E-state index in [-0.39, 0.29) is 102 Å². The van der Waals surface area contributed by atoms with Crippen LogP contribution in [0, 0.1) is 18.8 Å². The van der Waals surface area contributed by atoms with Gasteiger partial charge in [0.15, 0.2) is 5.78 Å². The van der Waals surface area contributed by atoms with Crippen molar-refractivity contribution in [1.82, 2.24) is 40.1 Å². The number of Topliss-reactive ketones (excluding diaryl/α,β-unsaturated/α-hetero) is 1. The Balaban J connectivity index is 0.000000226. The number of methoxy groups -OCH3 is 3. The number of amides is 3. The third-order valence-corrected chi connectivity index (χ3v) is 15.1. The summed E-state index contributed by atoms with van der Waals surface area (Å²) in [5.41, 5.74) is 7.90. The number of ether oxygens (including phenoxy) is 7. The second-order valence-electron chi connectivity index (χ2n) is 21.5. The number of benzene rings is 3. The Morgan fingerprint density at radius 3 is 1.26 bits per heavy atom. The van der Waals surface area contributed by atoms with Crippen LogP contribution in [-0.2, 0) is 72.2 Å². The van der Waals surface area contributed by atoms with Crippen LogP contribution in [0.15, 0.2) is 91.4 Å². The Labute approximate surface area is 560 Å². The van der Waals surface area contributed by atoms with Crippen molar-refractivity contribution in [1.29, 1.82) is 5.26 Å². The molecule has 0 aliphatic carbocycles. The minimum atomic E-state index is -0.0333. The summed E-state index contributed by atoms with van der Waals surface area (Å²) < 4.78 is 36.1. The summed E-state index contributed by atoms with van der Waals surface area (Å²) in [5.74, 6) is 1.78. The number of hydrogen-bond acceptors (Lipinski definition) is 20. The first kappa shape index (κ1) is 74.6. The first-order valence-corrected chi connectivity index (χ1v) is 30.0. The second kappa shape index (κ2) is 39.3. The largest absolute Gasteiger partial charge is 2.00 e. The van der Waals surface area contributed by atoms with Crippen molar-refractivity contribution < 1.29 is 69.3 Å². The summed E-state index contributed by atoms with van der Waals surface area (Å²) in [5, 5.41) is 12.1. The van der Waals surface area contributed by atoms with Crippen LogP contribution in [0.2, 0.25) is 0 Å². The maximum atomic E-state index is 12.5. The average molecular weight is 1320 g/mol. The number of halogens is 1. The Morgan fingerprint density at radius 2 is 0.945 bits per heavy atom. The fourth-order valence-corrected chi connectivity index (χ4v) is 10.2. The molecule has 6 aliphatic rings. The molecule has 3 aromatic heterocycles. The number of nitrogens with one attached hydrogen (secondary N) is 1. The van der Waals surface area contributed by atoms with Gasteiger partial charge in [0.1, 0.15) is 37.3 Å². The molecular weight excluding hydrogens is 1240 g/mol. The number of nitrogens with zero attached hydrogens (tertiary/aromatic N) is 11. The fraction of sp³-hybridized carbons (Fsp3) is 0.455. The minimum absolute atomic E-state index is 0. The van der Waals surface area contributed by atoms with Gasteiger partial charge in [0.2, 0.25) is 17.7 Å². The Kier molecular flexibility index (Phi) is 32.2. The molecule has 1 atom stereocenters. The van der Waals surface area contributed by atoms with Crippen LogP contribution in [0.1, 0.15) is 113 Å². The van der Waals surface area contributed by atoms with Gasteiger partial charge in [-0.05, 0) is 113 Å². The molecule has 12 rings (SSSR count). The number of nitriles is 1. The molecule has 91 heavy (non-hydrogen) atoms. The number of rotatable bonds is 21. The van der Waals surface area contributed by atoms with Gasteiger partial charge in [0.05, 0.1) is 70.4 Å². The van der Waals surface area contributed by atoms with Gasteiger partial charge >= 0.3 is 41.1 Å².